The van der Waals surface area contributed by atoms with Gasteiger partial charge in [0.25, 0.3) is 0 Å². The van der Waals surface area contributed by atoms with Crippen LogP contribution < -0.4 is 5.73 Å². The molecule has 0 aliphatic carbocycles. The van der Waals surface area contributed by atoms with Crippen LogP contribution in [0.1, 0.15) is 50.9 Å². The Morgan fingerprint density at radius 3 is 2.58 bits per heavy atom. The number of hydrogen-bond acceptors (Lipinski definition) is 4. The maximum atomic E-state index is 5.57. The molecule has 0 aliphatic rings. The Hall–Kier alpha value is -0.900. The predicted octanol–water partition coefficient (Wildman–Crippen LogP) is 1.60. The van der Waals surface area contributed by atoms with Crippen molar-refractivity contribution in [3.8, 4) is 0 Å². The molecule has 4 nitrogen and oxygen atoms in total. The highest BCUT2D eigenvalue weighted by atomic mass is 16.5. The maximum Gasteiger partial charge on any atom is 0.243 e. The topological polar surface area (TPSA) is 64.9 Å². The zero-order valence-corrected chi connectivity index (χ0v) is 7.74. The minimum absolute atomic E-state index is 0.171. The molecule has 0 saturated heterocycles. The molecule has 0 bridgehead atoms. The van der Waals surface area contributed by atoms with Gasteiger partial charge in [-0.05, 0) is 13.3 Å². The summed E-state index contributed by atoms with van der Waals surface area (Å²) >= 11 is 0. The van der Waals surface area contributed by atoms with E-state index in [0.29, 0.717) is 11.8 Å². The summed E-state index contributed by atoms with van der Waals surface area (Å²) < 4.78 is 4.96. The molecule has 68 valence electrons. The Bertz CT molecular complexity index is 244. The van der Waals surface area contributed by atoms with Crippen LogP contribution >= 0.6 is 0 Å². The molecule has 0 radical (unpaired) electrons. The third-order valence-corrected chi connectivity index (χ3v) is 1.90. The Morgan fingerprint density at radius 1 is 1.50 bits per heavy atom. The van der Waals surface area contributed by atoms with Gasteiger partial charge in [0.1, 0.15) is 0 Å². The van der Waals surface area contributed by atoms with Gasteiger partial charge in [-0.15, -0.1) is 0 Å². The lowest BCUT2D eigenvalue weighted by atomic mass is 10.1. The van der Waals surface area contributed by atoms with Crippen LogP contribution in [0.15, 0.2) is 4.52 Å². The maximum absolute atomic E-state index is 5.57. The molecular weight excluding hydrogens is 154 g/mol. The quantitative estimate of drug-likeness (QED) is 0.746. The Labute approximate surface area is 72.1 Å². The van der Waals surface area contributed by atoms with Crippen LogP contribution in [-0.4, -0.2) is 10.1 Å². The van der Waals surface area contributed by atoms with Gasteiger partial charge in [0.2, 0.25) is 5.89 Å². The third kappa shape index (κ3) is 1.82. The van der Waals surface area contributed by atoms with Crippen LogP contribution in [-0.2, 0) is 0 Å². The number of nitrogens with two attached hydrogens (primary N) is 1. The summed E-state index contributed by atoms with van der Waals surface area (Å²) in [4.78, 5) is 4.18. The molecule has 2 atom stereocenters. The molecule has 1 heterocycles. The summed E-state index contributed by atoms with van der Waals surface area (Å²) in [6.45, 7) is 5.98. The highest BCUT2D eigenvalue weighted by Crippen LogP contribution is 2.16. The van der Waals surface area contributed by atoms with E-state index in [-0.39, 0.29) is 6.04 Å². The van der Waals surface area contributed by atoms with E-state index in [1.807, 2.05) is 6.92 Å². The molecule has 1 rings (SSSR count). The van der Waals surface area contributed by atoms with Crippen LogP contribution in [0, 0.1) is 0 Å². The second-order valence-corrected chi connectivity index (χ2v) is 3.09. The first kappa shape index (κ1) is 9.19. The van der Waals surface area contributed by atoms with Gasteiger partial charge in [-0.2, -0.15) is 4.98 Å². The summed E-state index contributed by atoms with van der Waals surface area (Å²) in [6, 6.07) is -0.171. The fourth-order valence-electron chi connectivity index (χ4n) is 0.815. The van der Waals surface area contributed by atoms with Gasteiger partial charge >= 0.3 is 0 Å². The lowest BCUT2D eigenvalue weighted by Crippen LogP contribution is -2.05. The van der Waals surface area contributed by atoms with E-state index in [2.05, 4.69) is 24.0 Å². The monoisotopic (exact) mass is 169 g/mol. The van der Waals surface area contributed by atoms with Gasteiger partial charge in [0.05, 0.1) is 6.04 Å². The first-order valence-electron chi connectivity index (χ1n) is 4.24. The van der Waals surface area contributed by atoms with Gasteiger partial charge in [0, 0.05) is 5.92 Å². The van der Waals surface area contributed by atoms with Crippen molar-refractivity contribution in [3.05, 3.63) is 11.7 Å². The fraction of sp³-hybridized carbons (Fsp3) is 0.750. The highest BCUT2D eigenvalue weighted by Gasteiger charge is 2.13. The van der Waals surface area contributed by atoms with E-state index in [1.165, 1.54) is 0 Å². The molecule has 2 unspecified atom stereocenters. The number of hydrogen-bond donors (Lipinski definition) is 1. The molecule has 12 heavy (non-hydrogen) atoms. The zero-order chi connectivity index (χ0) is 9.14. The number of aromatic nitrogens is 2. The normalized spacial score (nSPS) is 16.0. The zero-order valence-electron chi connectivity index (χ0n) is 7.74. The standard InChI is InChI=1S/C8H15N3O/c1-4-5(2)7-10-8(6(3)9)12-11-7/h5-6H,4,9H2,1-3H3. The van der Waals surface area contributed by atoms with Crippen LogP contribution in [0.5, 0.6) is 0 Å². The molecule has 0 aromatic carbocycles. The Balaban J connectivity index is 2.77. The Morgan fingerprint density at radius 2 is 2.17 bits per heavy atom. The lowest BCUT2D eigenvalue weighted by molar-refractivity contribution is 0.355. The second kappa shape index (κ2) is 3.67. The average molecular weight is 169 g/mol. The van der Waals surface area contributed by atoms with Crippen molar-refractivity contribution in [3.63, 3.8) is 0 Å². The summed E-state index contributed by atoms with van der Waals surface area (Å²) in [6.07, 6.45) is 1.01. The van der Waals surface area contributed by atoms with Gasteiger partial charge in [-0.3, -0.25) is 0 Å². The smallest absolute Gasteiger partial charge is 0.243 e. The van der Waals surface area contributed by atoms with Gasteiger partial charge in [0.15, 0.2) is 5.82 Å². The second-order valence-electron chi connectivity index (χ2n) is 3.09. The van der Waals surface area contributed by atoms with Crippen molar-refractivity contribution in [2.45, 2.75) is 39.2 Å². The van der Waals surface area contributed by atoms with Crippen molar-refractivity contribution in [2.75, 3.05) is 0 Å². The van der Waals surface area contributed by atoms with Crippen molar-refractivity contribution < 1.29 is 4.52 Å². The van der Waals surface area contributed by atoms with E-state index < -0.39 is 0 Å². The lowest BCUT2D eigenvalue weighted by Gasteiger charge is -1.99. The third-order valence-electron chi connectivity index (χ3n) is 1.90. The molecule has 0 aliphatic heterocycles. The Kier molecular flexibility index (Phi) is 2.81. The van der Waals surface area contributed by atoms with Crippen molar-refractivity contribution in [2.24, 2.45) is 5.73 Å². The highest BCUT2D eigenvalue weighted by molar-refractivity contribution is 4.95. The first-order chi connectivity index (χ1) is 5.65. The molecule has 1 aromatic heterocycles. The van der Waals surface area contributed by atoms with Gasteiger partial charge < -0.3 is 10.3 Å². The molecule has 2 N–H and O–H groups in total. The van der Waals surface area contributed by atoms with Crippen molar-refractivity contribution in [1.82, 2.24) is 10.1 Å². The van der Waals surface area contributed by atoms with Crippen molar-refractivity contribution in [1.29, 1.82) is 0 Å². The summed E-state index contributed by atoms with van der Waals surface area (Å²) in [5.41, 5.74) is 5.57. The van der Waals surface area contributed by atoms with E-state index in [1.54, 1.807) is 0 Å². The number of nitrogens with zero attached hydrogens (tertiary/aromatic N) is 2. The van der Waals surface area contributed by atoms with Crippen LogP contribution in [0.25, 0.3) is 0 Å². The van der Waals surface area contributed by atoms with Gasteiger partial charge in [-0.1, -0.05) is 19.0 Å². The van der Waals surface area contributed by atoms with E-state index in [4.69, 9.17) is 10.3 Å². The SMILES string of the molecule is CCC(C)c1noc(C(C)N)n1. The van der Waals surface area contributed by atoms with E-state index >= 15 is 0 Å². The summed E-state index contributed by atoms with van der Waals surface area (Å²) in [5, 5.41) is 3.84. The molecule has 0 saturated carbocycles. The van der Waals surface area contributed by atoms with E-state index in [0.717, 1.165) is 12.2 Å². The molecule has 1 aromatic rings. The average Bonchev–Trinajstić information content (AvgIpc) is 2.51. The minimum Gasteiger partial charge on any atom is -0.338 e. The molecule has 0 amide bonds. The van der Waals surface area contributed by atoms with Crippen LogP contribution in [0.3, 0.4) is 0 Å². The predicted molar refractivity (Wildman–Crippen MR) is 45.6 cm³/mol. The largest absolute Gasteiger partial charge is 0.338 e. The first-order valence-corrected chi connectivity index (χ1v) is 4.24. The van der Waals surface area contributed by atoms with Crippen LogP contribution in [0.4, 0.5) is 0 Å². The minimum atomic E-state index is -0.171. The van der Waals surface area contributed by atoms with E-state index in [9.17, 15) is 0 Å². The summed E-state index contributed by atoms with van der Waals surface area (Å²) in [5.74, 6) is 1.62. The molecular formula is C8H15N3O. The number of rotatable bonds is 3. The van der Waals surface area contributed by atoms with Crippen LogP contribution in [0.2, 0.25) is 0 Å². The van der Waals surface area contributed by atoms with Gasteiger partial charge in [-0.25, -0.2) is 0 Å². The molecule has 0 fully saturated rings. The molecule has 0 spiro atoms. The van der Waals surface area contributed by atoms with Crippen molar-refractivity contribution >= 4 is 0 Å². The molecule has 4 heteroatoms. The fourth-order valence-corrected chi connectivity index (χ4v) is 0.815. The summed E-state index contributed by atoms with van der Waals surface area (Å²) in [7, 11) is 0.